The van der Waals surface area contributed by atoms with Crippen LogP contribution < -0.4 is 14.8 Å². The van der Waals surface area contributed by atoms with Gasteiger partial charge in [0.15, 0.2) is 6.61 Å². The van der Waals surface area contributed by atoms with E-state index < -0.39 is 15.9 Å². The van der Waals surface area contributed by atoms with Crippen molar-refractivity contribution in [3.8, 4) is 5.75 Å². The van der Waals surface area contributed by atoms with Gasteiger partial charge in [-0.15, -0.1) is 0 Å². The SMILES string of the molecule is Cc1ccc(NS(=O)(=O)c2ccc(OCC(=O)Nc3ccc(Cl)cc3Cl)cc2)cc1. The van der Waals surface area contributed by atoms with Crippen LogP contribution in [-0.4, -0.2) is 20.9 Å². The van der Waals surface area contributed by atoms with Crippen molar-refractivity contribution >= 4 is 50.5 Å². The summed E-state index contributed by atoms with van der Waals surface area (Å²) < 4.78 is 32.9. The minimum atomic E-state index is -3.73. The highest BCUT2D eigenvalue weighted by Crippen LogP contribution is 2.25. The van der Waals surface area contributed by atoms with Gasteiger partial charge in [0.05, 0.1) is 15.6 Å². The first-order valence-electron chi connectivity index (χ1n) is 8.80. The topological polar surface area (TPSA) is 84.5 Å². The maximum Gasteiger partial charge on any atom is 0.262 e. The van der Waals surface area contributed by atoms with Crippen LogP contribution in [-0.2, 0) is 14.8 Å². The average Bonchev–Trinajstić information content (AvgIpc) is 2.70. The Hall–Kier alpha value is -2.74. The van der Waals surface area contributed by atoms with Gasteiger partial charge in [0.2, 0.25) is 0 Å². The van der Waals surface area contributed by atoms with Crippen molar-refractivity contribution in [2.45, 2.75) is 11.8 Å². The number of halogens is 2. The molecule has 6 nitrogen and oxygen atoms in total. The van der Waals surface area contributed by atoms with Crippen molar-refractivity contribution in [3.63, 3.8) is 0 Å². The van der Waals surface area contributed by atoms with Crippen LogP contribution in [0, 0.1) is 6.92 Å². The number of benzene rings is 3. The molecule has 0 saturated heterocycles. The number of sulfonamides is 1. The normalized spacial score (nSPS) is 11.0. The first-order valence-corrected chi connectivity index (χ1v) is 11.0. The Balaban J connectivity index is 1.58. The van der Waals surface area contributed by atoms with Crippen LogP contribution in [0.3, 0.4) is 0 Å². The highest BCUT2D eigenvalue weighted by Gasteiger charge is 2.14. The molecule has 3 aromatic carbocycles. The standard InChI is InChI=1S/C21H18Cl2N2O4S/c1-14-2-5-16(6-3-14)25-30(27,28)18-9-7-17(8-10-18)29-13-21(26)24-20-11-4-15(22)12-19(20)23/h2-12,25H,13H2,1H3,(H,24,26). The van der Waals surface area contributed by atoms with Crippen LogP contribution in [0.25, 0.3) is 0 Å². The Morgan fingerprint density at radius 1 is 0.967 bits per heavy atom. The lowest BCUT2D eigenvalue weighted by molar-refractivity contribution is -0.118. The molecule has 3 aromatic rings. The predicted octanol–water partition coefficient (Wildman–Crippen LogP) is 5.12. The summed E-state index contributed by atoms with van der Waals surface area (Å²) in [6, 6.07) is 17.5. The number of carbonyl (C=O) groups excluding carboxylic acids is 1. The fourth-order valence-corrected chi connectivity index (χ4v) is 3.99. The molecule has 0 bridgehead atoms. The summed E-state index contributed by atoms with van der Waals surface area (Å²) in [5.41, 5.74) is 1.92. The van der Waals surface area contributed by atoms with Crippen LogP contribution in [0.2, 0.25) is 10.0 Å². The third-order valence-corrected chi connectivity index (χ3v) is 5.96. The number of ether oxygens (including phenoxy) is 1. The van der Waals surface area contributed by atoms with Gasteiger partial charge < -0.3 is 10.1 Å². The number of carbonyl (C=O) groups is 1. The van der Waals surface area contributed by atoms with Crippen LogP contribution in [0.5, 0.6) is 5.75 Å². The molecule has 30 heavy (non-hydrogen) atoms. The summed E-state index contributed by atoms with van der Waals surface area (Å²) >= 11 is 11.8. The van der Waals surface area contributed by atoms with Crippen LogP contribution in [0.1, 0.15) is 5.56 Å². The fourth-order valence-electron chi connectivity index (χ4n) is 2.48. The second-order valence-corrected chi connectivity index (χ2v) is 8.93. The minimum absolute atomic E-state index is 0.0767. The third kappa shape index (κ3) is 5.89. The average molecular weight is 465 g/mol. The van der Waals surface area contributed by atoms with Crippen molar-refractivity contribution in [2.24, 2.45) is 0 Å². The van der Waals surface area contributed by atoms with E-state index in [2.05, 4.69) is 10.0 Å². The lowest BCUT2D eigenvalue weighted by Crippen LogP contribution is -2.20. The number of rotatable bonds is 7. The number of aryl methyl sites for hydroxylation is 1. The van der Waals surface area contributed by atoms with Crippen molar-refractivity contribution < 1.29 is 17.9 Å². The molecule has 0 spiro atoms. The van der Waals surface area contributed by atoms with Gasteiger partial charge in [-0.1, -0.05) is 40.9 Å². The Kier molecular flexibility index (Phi) is 6.87. The van der Waals surface area contributed by atoms with E-state index >= 15 is 0 Å². The summed E-state index contributed by atoms with van der Waals surface area (Å²) in [7, 11) is -3.73. The molecular weight excluding hydrogens is 447 g/mol. The molecule has 0 aliphatic rings. The third-order valence-electron chi connectivity index (χ3n) is 4.01. The highest BCUT2D eigenvalue weighted by atomic mass is 35.5. The molecular formula is C21H18Cl2N2O4S. The van der Waals surface area contributed by atoms with E-state index in [9.17, 15) is 13.2 Å². The Bertz CT molecular complexity index is 1150. The molecule has 9 heteroatoms. The second-order valence-electron chi connectivity index (χ2n) is 6.40. The predicted molar refractivity (Wildman–Crippen MR) is 119 cm³/mol. The first-order chi connectivity index (χ1) is 14.2. The van der Waals surface area contributed by atoms with Crippen molar-refractivity contribution in [2.75, 3.05) is 16.6 Å². The second kappa shape index (κ2) is 9.38. The molecule has 0 aliphatic heterocycles. The first kappa shape index (κ1) is 22.0. The molecule has 2 N–H and O–H groups in total. The molecule has 0 radical (unpaired) electrons. The molecule has 0 unspecified atom stereocenters. The van der Waals surface area contributed by atoms with E-state index in [0.29, 0.717) is 27.2 Å². The van der Waals surface area contributed by atoms with Gasteiger partial charge in [0.1, 0.15) is 5.75 Å². The molecule has 0 aliphatic carbocycles. The molecule has 0 atom stereocenters. The monoisotopic (exact) mass is 464 g/mol. The zero-order chi connectivity index (χ0) is 21.7. The Labute approximate surface area is 184 Å². The maximum atomic E-state index is 12.5. The molecule has 156 valence electrons. The molecule has 3 rings (SSSR count). The number of nitrogens with one attached hydrogen (secondary N) is 2. The summed E-state index contributed by atoms with van der Waals surface area (Å²) in [5.74, 6) is -0.0707. The zero-order valence-corrected chi connectivity index (χ0v) is 18.2. The van der Waals surface area contributed by atoms with E-state index in [-0.39, 0.29) is 11.5 Å². The molecule has 0 heterocycles. The summed E-state index contributed by atoms with van der Waals surface area (Å²) in [4.78, 5) is 12.1. The van der Waals surface area contributed by atoms with Crippen molar-refractivity contribution in [1.29, 1.82) is 0 Å². The maximum absolute atomic E-state index is 12.5. The van der Waals surface area contributed by atoms with E-state index in [1.165, 1.54) is 30.3 Å². The minimum Gasteiger partial charge on any atom is -0.484 e. The van der Waals surface area contributed by atoms with Crippen molar-refractivity contribution in [3.05, 3.63) is 82.3 Å². The van der Waals surface area contributed by atoms with E-state index in [1.807, 2.05) is 19.1 Å². The van der Waals surface area contributed by atoms with Gasteiger partial charge in [0, 0.05) is 10.7 Å². The molecule has 0 aromatic heterocycles. The molecule has 0 saturated carbocycles. The summed E-state index contributed by atoms with van der Waals surface area (Å²) in [6.45, 7) is 1.65. The smallest absolute Gasteiger partial charge is 0.262 e. The number of amides is 1. The zero-order valence-electron chi connectivity index (χ0n) is 15.9. The Morgan fingerprint density at radius 3 is 2.27 bits per heavy atom. The number of hydrogen-bond donors (Lipinski definition) is 2. The fraction of sp³-hybridized carbons (Fsp3) is 0.0952. The van der Waals surface area contributed by atoms with E-state index in [1.54, 1.807) is 24.3 Å². The lowest BCUT2D eigenvalue weighted by atomic mass is 10.2. The van der Waals surface area contributed by atoms with Crippen LogP contribution in [0.15, 0.2) is 71.6 Å². The van der Waals surface area contributed by atoms with Gasteiger partial charge in [-0.25, -0.2) is 8.42 Å². The van der Waals surface area contributed by atoms with Crippen LogP contribution >= 0.6 is 23.2 Å². The Morgan fingerprint density at radius 2 is 1.63 bits per heavy atom. The van der Waals surface area contributed by atoms with E-state index in [4.69, 9.17) is 27.9 Å². The quantitative estimate of drug-likeness (QED) is 0.507. The van der Waals surface area contributed by atoms with Gasteiger partial charge in [-0.2, -0.15) is 0 Å². The van der Waals surface area contributed by atoms with Gasteiger partial charge in [-0.3, -0.25) is 9.52 Å². The summed E-state index contributed by atoms with van der Waals surface area (Å²) in [6.07, 6.45) is 0. The van der Waals surface area contributed by atoms with E-state index in [0.717, 1.165) is 5.56 Å². The van der Waals surface area contributed by atoms with Crippen LogP contribution in [0.4, 0.5) is 11.4 Å². The number of anilines is 2. The number of hydrogen-bond acceptors (Lipinski definition) is 4. The lowest BCUT2D eigenvalue weighted by Gasteiger charge is -2.11. The highest BCUT2D eigenvalue weighted by molar-refractivity contribution is 7.92. The van der Waals surface area contributed by atoms with Gasteiger partial charge in [0.25, 0.3) is 15.9 Å². The largest absolute Gasteiger partial charge is 0.484 e. The van der Waals surface area contributed by atoms with Gasteiger partial charge >= 0.3 is 0 Å². The molecule has 1 amide bonds. The van der Waals surface area contributed by atoms with Crippen molar-refractivity contribution in [1.82, 2.24) is 0 Å². The molecule has 0 fully saturated rings. The summed E-state index contributed by atoms with van der Waals surface area (Å²) in [5, 5.41) is 3.39. The van der Waals surface area contributed by atoms with Gasteiger partial charge in [-0.05, 0) is 61.5 Å².